The summed E-state index contributed by atoms with van der Waals surface area (Å²) in [6, 6.07) is 7.75. The van der Waals surface area contributed by atoms with Crippen LogP contribution in [0.4, 0.5) is 5.69 Å². The molecule has 0 unspecified atom stereocenters. The number of carbonyl (C=O) groups is 1. The molecule has 1 N–H and O–H groups in total. The molecule has 0 bridgehead atoms. The van der Waals surface area contributed by atoms with Crippen molar-refractivity contribution < 1.29 is 18.3 Å². The van der Waals surface area contributed by atoms with Crippen molar-refractivity contribution in [2.24, 2.45) is 0 Å². The molecule has 0 atom stereocenters. The van der Waals surface area contributed by atoms with Crippen LogP contribution in [-0.4, -0.2) is 56.8 Å². The Hall–Kier alpha value is -1.60. The van der Waals surface area contributed by atoms with Crippen molar-refractivity contribution in [1.82, 2.24) is 4.90 Å². The zero-order valence-corrected chi connectivity index (χ0v) is 14.1. The van der Waals surface area contributed by atoms with E-state index < -0.39 is 16.0 Å². The van der Waals surface area contributed by atoms with Gasteiger partial charge in [-0.2, -0.15) is 0 Å². The fourth-order valence-electron chi connectivity index (χ4n) is 3.77. The average Bonchev–Trinajstić information content (AvgIpc) is 2.82. The molecule has 126 valence electrons. The van der Waals surface area contributed by atoms with E-state index in [0.29, 0.717) is 13.1 Å². The molecule has 2 aliphatic rings. The molecule has 1 fully saturated rings. The highest BCUT2D eigenvalue weighted by molar-refractivity contribution is 7.92. The van der Waals surface area contributed by atoms with Crippen LogP contribution in [0.3, 0.4) is 0 Å². The Bertz CT molecular complexity index is 709. The number of aliphatic carboxylic acids is 1. The van der Waals surface area contributed by atoms with Crippen LogP contribution in [0.25, 0.3) is 0 Å². The van der Waals surface area contributed by atoms with Crippen LogP contribution in [0.1, 0.15) is 24.8 Å². The highest BCUT2D eigenvalue weighted by atomic mass is 32.2. The molecular weight excluding hydrogens is 316 g/mol. The fourth-order valence-corrected chi connectivity index (χ4v) is 4.76. The molecule has 2 aliphatic heterocycles. The molecule has 0 aliphatic carbocycles. The van der Waals surface area contributed by atoms with E-state index in [1.54, 1.807) is 0 Å². The van der Waals surface area contributed by atoms with Crippen LogP contribution < -0.4 is 4.31 Å². The first-order chi connectivity index (χ1) is 10.8. The van der Waals surface area contributed by atoms with Crippen LogP contribution in [-0.2, 0) is 20.2 Å². The number of fused-ring (bicyclic) bond motifs is 2. The van der Waals surface area contributed by atoms with Crippen molar-refractivity contribution in [3.63, 3.8) is 0 Å². The molecule has 1 aromatic carbocycles. The minimum atomic E-state index is -3.28. The number of carboxylic acids is 1. The number of nitrogens with zero attached hydrogens (tertiary/aromatic N) is 2. The molecule has 1 saturated heterocycles. The van der Waals surface area contributed by atoms with Gasteiger partial charge >= 0.3 is 5.97 Å². The average molecular weight is 338 g/mol. The Kier molecular flexibility index (Phi) is 4.10. The fraction of sp³-hybridized carbons (Fsp3) is 0.562. The summed E-state index contributed by atoms with van der Waals surface area (Å²) in [6.45, 7) is 2.67. The van der Waals surface area contributed by atoms with Crippen molar-refractivity contribution >= 4 is 21.7 Å². The van der Waals surface area contributed by atoms with Crippen molar-refractivity contribution in [3.8, 4) is 0 Å². The number of benzene rings is 1. The maximum atomic E-state index is 12.1. The summed E-state index contributed by atoms with van der Waals surface area (Å²) in [5, 5.41) is 8.80. The van der Waals surface area contributed by atoms with Gasteiger partial charge in [0.05, 0.1) is 18.4 Å². The van der Waals surface area contributed by atoms with Crippen LogP contribution in [0, 0.1) is 0 Å². The lowest BCUT2D eigenvalue weighted by Crippen LogP contribution is -2.46. The number of hydrogen-bond acceptors (Lipinski definition) is 4. The third-order valence-corrected chi connectivity index (χ3v) is 6.17. The van der Waals surface area contributed by atoms with Gasteiger partial charge in [-0.25, -0.2) is 8.42 Å². The zero-order chi connectivity index (χ0) is 16.7. The van der Waals surface area contributed by atoms with Crippen LogP contribution in [0.5, 0.6) is 0 Å². The van der Waals surface area contributed by atoms with Crippen molar-refractivity contribution in [3.05, 3.63) is 29.8 Å². The number of carboxylic acid groups (broad SMARTS) is 1. The van der Waals surface area contributed by atoms with Crippen molar-refractivity contribution in [2.45, 2.75) is 24.7 Å². The minimum Gasteiger partial charge on any atom is -0.481 e. The van der Waals surface area contributed by atoms with Gasteiger partial charge in [0.1, 0.15) is 0 Å². The van der Waals surface area contributed by atoms with Gasteiger partial charge in [0, 0.05) is 18.5 Å². The number of anilines is 1. The van der Waals surface area contributed by atoms with Gasteiger partial charge in [-0.05, 0) is 37.6 Å². The van der Waals surface area contributed by atoms with E-state index in [2.05, 4.69) is 4.90 Å². The molecule has 1 aromatic rings. The van der Waals surface area contributed by atoms with E-state index in [4.69, 9.17) is 5.11 Å². The van der Waals surface area contributed by atoms with Crippen LogP contribution in [0.2, 0.25) is 0 Å². The van der Waals surface area contributed by atoms with Crippen molar-refractivity contribution in [2.75, 3.05) is 36.7 Å². The Morgan fingerprint density at radius 3 is 2.52 bits per heavy atom. The molecule has 6 nitrogen and oxygen atoms in total. The largest absolute Gasteiger partial charge is 0.481 e. The Balaban J connectivity index is 1.81. The lowest BCUT2D eigenvalue weighted by molar-refractivity contribution is -0.137. The Morgan fingerprint density at radius 2 is 1.91 bits per heavy atom. The molecule has 1 spiro atoms. The van der Waals surface area contributed by atoms with E-state index in [9.17, 15) is 13.2 Å². The van der Waals surface area contributed by atoms with Gasteiger partial charge in [-0.1, -0.05) is 18.2 Å². The van der Waals surface area contributed by atoms with Crippen LogP contribution >= 0.6 is 0 Å². The number of para-hydroxylation sites is 1. The van der Waals surface area contributed by atoms with E-state index in [0.717, 1.165) is 37.2 Å². The smallest absolute Gasteiger partial charge is 0.304 e. The minimum absolute atomic E-state index is 0.139. The third-order valence-electron chi connectivity index (χ3n) is 5.05. The molecule has 3 rings (SSSR count). The monoisotopic (exact) mass is 338 g/mol. The summed E-state index contributed by atoms with van der Waals surface area (Å²) < 4.78 is 25.8. The number of piperidine rings is 1. The molecule has 2 heterocycles. The standard InChI is InChI=1S/C16H22N2O4S/c1-23(21,22)18-12-16(13-4-2-3-5-14(13)18)7-10-17(11-8-16)9-6-15(19)20/h2-5H,6-12H2,1H3,(H,19,20). The van der Waals surface area contributed by atoms with Gasteiger partial charge < -0.3 is 10.0 Å². The summed E-state index contributed by atoms with van der Waals surface area (Å²) in [6.07, 6.45) is 3.12. The molecule has 0 aromatic heterocycles. The van der Waals surface area contributed by atoms with E-state index in [-0.39, 0.29) is 11.8 Å². The molecule has 0 amide bonds. The Labute approximate surface area is 136 Å². The first kappa shape index (κ1) is 16.3. The van der Waals surface area contributed by atoms with Gasteiger partial charge in [0.2, 0.25) is 10.0 Å². The quantitative estimate of drug-likeness (QED) is 0.895. The number of likely N-dealkylation sites (tertiary alicyclic amines) is 1. The SMILES string of the molecule is CS(=O)(=O)N1CC2(CCN(CCC(=O)O)CC2)c2ccccc21. The van der Waals surface area contributed by atoms with E-state index in [1.807, 2.05) is 24.3 Å². The number of rotatable bonds is 4. The lowest BCUT2D eigenvalue weighted by atomic mass is 9.74. The molecule has 0 radical (unpaired) electrons. The van der Waals surface area contributed by atoms with Crippen molar-refractivity contribution in [1.29, 1.82) is 0 Å². The summed E-state index contributed by atoms with van der Waals surface area (Å²) in [7, 11) is -3.28. The molecule has 23 heavy (non-hydrogen) atoms. The Morgan fingerprint density at radius 1 is 1.26 bits per heavy atom. The zero-order valence-electron chi connectivity index (χ0n) is 13.2. The highest BCUT2D eigenvalue weighted by Gasteiger charge is 2.46. The van der Waals surface area contributed by atoms with E-state index >= 15 is 0 Å². The van der Waals surface area contributed by atoms with Crippen LogP contribution in [0.15, 0.2) is 24.3 Å². The second kappa shape index (κ2) is 5.79. The second-order valence-electron chi connectivity index (χ2n) is 6.55. The topological polar surface area (TPSA) is 77.9 Å². The maximum absolute atomic E-state index is 12.1. The molecule has 7 heteroatoms. The first-order valence-electron chi connectivity index (χ1n) is 7.83. The first-order valence-corrected chi connectivity index (χ1v) is 9.68. The van der Waals surface area contributed by atoms with Gasteiger partial charge in [-0.3, -0.25) is 9.10 Å². The second-order valence-corrected chi connectivity index (χ2v) is 8.46. The highest BCUT2D eigenvalue weighted by Crippen LogP contribution is 2.47. The summed E-state index contributed by atoms with van der Waals surface area (Å²) in [5.74, 6) is -0.778. The summed E-state index contributed by atoms with van der Waals surface area (Å²) >= 11 is 0. The predicted molar refractivity (Wildman–Crippen MR) is 88.2 cm³/mol. The van der Waals surface area contributed by atoms with E-state index in [1.165, 1.54) is 10.6 Å². The maximum Gasteiger partial charge on any atom is 0.304 e. The third kappa shape index (κ3) is 3.07. The summed E-state index contributed by atoms with van der Waals surface area (Å²) in [4.78, 5) is 12.9. The predicted octanol–water partition coefficient (Wildman–Crippen LogP) is 1.27. The lowest BCUT2D eigenvalue weighted by Gasteiger charge is -2.39. The number of sulfonamides is 1. The summed E-state index contributed by atoms with van der Waals surface area (Å²) in [5.41, 5.74) is 1.77. The van der Waals surface area contributed by atoms with Gasteiger partial charge in [0.25, 0.3) is 0 Å². The molecule has 0 saturated carbocycles. The van der Waals surface area contributed by atoms with Gasteiger partial charge in [0.15, 0.2) is 0 Å². The normalized spacial score (nSPS) is 20.7. The van der Waals surface area contributed by atoms with Gasteiger partial charge in [-0.15, -0.1) is 0 Å². The number of hydrogen-bond donors (Lipinski definition) is 1. The molecular formula is C16H22N2O4S.